The van der Waals surface area contributed by atoms with Gasteiger partial charge in [-0.3, -0.25) is 14.5 Å². The highest BCUT2D eigenvalue weighted by atomic mass is 16.5. The zero-order valence-corrected chi connectivity index (χ0v) is 17.3. The molecule has 3 aromatic rings. The summed E-state index contributed by atoms with van der Waals surface area (Å²) in [5.41, 5.74) is 1.86. The van der Waals surface area contributed by atoms with Gasteiger partial charge >= 0.3 is 6.03 Å². The van der Waals surface area contributed by atoms with Crippen molar-refractivity contribution in [3.63, 3.8) is 0 Å². The Morgan fingerprint density at radius 2 is 1.52 bits per heavy atom. The van der Waals surface area contributed by atoms with Crippen LogP contribution in [0.3, 0.4) is 0 Å². The van der Waals surface area contributed by atoms with E-state index in [-0.39, 0.29) is 12.3 Å². The van der Waals surface area contributed by atoms with E-state index < -0.39 is 17.5 Å². The molecule has 1 unspecified atom stereocenters. The van der Waals surface area contributed by atoms with Crippen LogP contribution in [0.4, 0.5) is 4.79 Å². The largest absolute Gasteiger partial charge is 0.497 e. The predicted octanol–water partition coefficient (Wildman–Crippen LogP) is 4.01. The number of Topliss-reactive ketones (excluding diaryl/α,β-unsaturated/α-hetero) is 1. The highest BCUT2D eigenvalue weighted by Gasteiger charge is 2.49. The first-order valence-corrected chi connectivity index (χ1v) is 9.90. The molecule has 4 rings (SSSR count). The van der Waals surface area contributed by atoms with E-state index in [1.54, 1.807) is 50.4 Å². The highest BCUT2D eigenvalue weighted by Crippen LogP contribution is 2.30. The Morgan fingerprint density at radius 1 is 0.903 bits per heavy atom. The summed E-state index contributed by atoms with van der Waals surface area (Å²) in [6.45, 7) is 1.31. The van der Waals surface area contributed by atoms with E-state index in [1.807, 2.05) is 42.5 Å². The molecule has 1 fully saturated rings. The van der Waals surface area contributed by atoms with Crippen molar-refractivity contribution in [2.75, 3.05) is 13.7 Å². The van der Waals surface area contributed by atoms with E-state index >= 15 is 0 Å². The third-order valence-electron chi connectivity index (χ3n) is 5.56. The van der Waals surface area contributed by atoms with Gasteiger partial charge in [-0.15, -0.1) is 0 Å². The van der Waals surface area contributed by atoms with Crippen LogP contribution in [0.15, 0.2) is 78.9 Å². The second-order valence-electron chi connectivity index (χ2n) is 7.54. The Bertz CT molecular complexity index is 1120. The minimum atomic E-state index is -1.24. The fourth-order valence-electron chi connectivity index (χ4n) is 3.67. The van der Waals surface area contributed by atoms with Crippen LogP contribution in [0.5, 0.6) is 5.75 Å². The van der Waals surface area contributed by atoms with Crippen LogP contribution in [-0.2, 0) is 10.3 Å². The van der Waals surface area contributed by atoms with Crippen molar-refractivity contribution in [3.8, 4) is 16.9 Å². The van der Waals surface area contributed by atoms with Gasteiger partial charge in [0.1, 0.15) is 11.3 Å². The summed E-state index contributed by atoms with van der Waals surface area (Å²) in [5.74, 6) is -0.117. The van der Waals surface area contributed by atoms with E-state index in [0.29, 0.717) is 16.9 Å². The second-order valence-corrected chi connectivity index (χ2v) is 7.54. The van der Waals surface area contributed by atoms with Gasteiger partial charge < -0.3 is 10.1 Å². The number of nitrogens with one attached hydrogen (secondary N) is 1. The van der Waals surface area contributed by atoms with Crippen molar-refractivity contribution < 1.29 is 19.1 Å². The maximum Gasteiger partial charge on any atom is 0.325 e. The fraction of sp³-hybridized carbons (Fsp3) is 0.160. The van der Waals surface area contributed by atoms with Crippen LogP contribution in [-0.4, -0.2) is 36.3 Å². The van der Waals surface area contributed by atoms with E-state index in [0.717, 1.165) is 16.0 Å². The number of nitrogens with zero attached hydrogens (tertiary/aromatic N) is 1. The smallest absolute Gasteiger partial charge is 0.325 e. The number of hydrogen-bond acceptors (Lipinski definition) is 4. The van der Waals surface area contributed by atoms with Crippen molar-refractivity contribution in [1.82, 2.24) is 10.2 Å². The molecule has 0 spiro atoms. The van der Waals surface area contributed by atoms with Crippen molar-refractivity contribution in [2.24, 2.45) is 0 Å². The number of urea groups is 1. The van der Waals surface area contributed by atoms with Gasteiger partial charge in [-0.1, -0.05) is 66.7 Å². The van der Waals surface area contributed by atoms with Crippen LogP contribution >= 0.6 is 0 Å². The van der Waals surface area contributed by atoms with E-state index in [1.165, 1.54) is 0 Å². The van der Waals surface area contributed by atoms with Crippen LogP contribution in [0.25, 0.3) is 11.1 Å². The summed E-state index contributed by atoms with van der Waals surface area (Å²) >= 11 is 0. The number of carbonyl (C=O) groups is 3. The van der Waals surface area contributed by atoms with Gasteiger partial charge in [0.25, 0.3) is 5.91 Å². The number of imide groups is 1. The standard InChI is InChI=1S/C25H22N2O4/c1-25(20-12-14-21(31-2)15-13-20)23(29)27(24(30)26-25)16-22(28)19-10-8-18(9-11-19)17-6-4-3-5-7-17/h3-15H,16H2,1-2H3,(H,26,30). The number of methoxy groups -OCH3 is 1. The molecule has 0 saturated carbocycles. The summed E-state index contributed by atoms with van der Waals surface area (Å²) in [5, 5.41) is 2.72. The Morgan fingerprint density at radius 3 is 2.13 bits per heavy atom. The van der Waals surface area contributed by atoms with Crippen molar-refractivity contribution in [1.29, 1.82) is 0 Å². The molecular formula is C25H22N2O4. The summed E-state index contributed by atoms with van der Waals surface area (Å²) in [6, 6.07) is 23.3. The lowest BCUT2D eigenvalue weighted by Crippen LogP contribution is -2.41. The average Bonchev–Trinajstić information content (AvgIpc) is 3.03. The molecule has 1 saturated heterocycles. The molecule has 3 amide bonds. The molecule has 0 radical (unpaired) electrons. The number of ether oxygens (including phenoxy) is 1. The third-order valence-corrected chi connectivity index (χ3v) is 5.56. The van der Waals surface area contributed by atoms with Gasteiger partial charge in [-0.25, -0.2) is 4.79 Å². The summed E-state index contributed by atoms with van der Waals surface area (Å²) in [4.78, 5) is 39.3. The van der Waals surface area contributed by atoms with Gasteiger partial charge in [-0.2, -0.15) is 0 Å². The molecule has 3 aromatic carbocycles. The molecule has 31 heavy (non-hydrogen) atoms. The normalized spacial score (nSPS) is 18.1. The Hall–Kier alpha value is -3.93. The molecule has 6 nitrogen and oxygen atoms in total. The zero-order chi connectivity index (χ0) is 22.0. The number of rotatable bonds is 6. The number of benzene rings is 3. The molecular weight excluding hydrogens is 392 g/mol. The SMILES string of the molecule is COc1ccc(C2(C)NC(=O)N(CC(=O)c3ccc(-c4ccccc4)cc3)C2=O)cc1. The van der Waals surface area contributed by atoms with E-state index in [2.05, 4.69) is 5.32 Å². The minimum absolute atomic E-state index is 0.304. The molecule has 1 heterocycles. The topological polar surface area (TPSA) is 75.7 Å². The number of amides is 3. The second kappa shape index (κ2) is 8.07. The lowest BCUT2D eigenvalue weighted by molar-refractivity contribution is -0.130. The van der Waals surface area contributed by atoms with Crippen molar-refractivity contribution in [3.05, 3.63) is 90.0 Å². The first kappa shape index (κ1) is 20.3. The molecule has 6 heteroatoms. The molecule has 1 aliphatic heterocycles. The number of carbonyl (C=O) groups excluding carboxylic acids is 3. The molecule has 0 aliphatic carbocycles. The van der Waals surface area contributed by atoms with Crippen molar-refractivity contribution in [2.45, 2.75) is 12.5 Å². The maximum atomic E-state index is 13.1. The molecule has 1 atom stereocenters. The lowest BCUT2D eigenvalue weighted by Gasteiger charge is -2.22. The quantitative estimate of drug-likeness (QED) is 0.488. The molecule has 1 N–H and O–H groups in total. The maximum absolute atomic E-state index is 13.1. The van der Waals surface area contributed by atoms with Gasteiger partial charge in [-0.05, 0) is 35.7 Å². The Labute approximate surface area is 180 Å². The van der Waals surface area contributed by atoms with Crippen LogP contribution in [0, 0.1) is 0 Å². The average molecular weight is 414 g/mol. The van der Waals surface area contributed by atoms with Gasteiger partial charge in [0.15, 0.2) is 5.78 Å². The first-order chi connectivity index (χ1) is 14.9. The van der Waals surface area contributed by atoms with Crippen molar-refractivity contribution >= 4 is 17.7 Å². The summed E-state index contributed by atoms with van der Waals surface area (Å²) in [7, 11) is 1.55. The number of hydrogen-bond donors (Lipinski definition) is 1. The van der Waals surface area contributed by atoms with Crippen LogP contribution in [0.1, 0.15) is 22.8 Å². The summed E-state index contributed by atoms with van der Waals surface area (Å²) in [6.07, 6.45) is 0. The first-order valence-electron chi connectivity index (χ1n) is 9.90. The van der Waals surface area contributed by atoms with Gasteiger partial charge in [0.05, 0.1) is 13.7 Å². The molecule has 156 valence electrons. The minimum Gasteiger partial charge on any atom is -0.497 e. The molecule has 0 bridgehead atoms. The molecule has 1 aliphatic rings. The third kappa shape index (κ3) is 3.80. The van der Waals surface area contributed by atoms with Crippen LogP contribution < -0.4 is 10.1 Å². The van der Waals surface area contributed by atoms with E-state index in [4.69, 9.17) is 4.74 Å². The van der Waals surface area contributed by atoms with E-state index in [9.17, 15) is 14.4 Å². The number of ketones is 1. The fourth-order valence-corrected chi connectivity index (χ4v) is 3.67. The lowest BCUT2D eigenvalue weighted by atomic mass is 9.92. The highest BCUT2D eigenvalue weighted by molar-refractivity contribution is 6.11. The molecule has 0 aromatic heterocycles. The van der Waals surface area contributed by atoms with Gasteiger partial charge in [0, 0.05) is 5.56 Å². The summed E-state index contributed by atoms with van der Waals surface area (Å²) < 4.78 is 5.14. The monoisotopic (exact) mass is 414 g/mol. The Kier molecular flexibility index (Phi) is 5.29. The van der Waals surface area contributed by atoms with Gasteiger partial charge in [0.2, 0.25) is 0 Å². The van der Waals surface area contributed by atoms with Crippen LogP contribution in [0.2, 0.25) is 0 Å². The zero-order valence-electron chi connectivity index (χ0n) is 17.3. The predicted molar refractivity (Wildman–Crippen MR) is 117 cm³/mol. The Balaban J connectivity index is 1.50.